The molecule has 2 saturated heterocycles. The number of aliphatic hydroxyl groups excluding tert-OH is 5. The van der Waals surface area contributed by atoms with Crippen molar-refractivity contribution in [2.75, 3.05) is 13.7 Å². The Balaban J connectivity index is 1.63. The Kier molecular flexibility index (Phi) is 21.7. The van der Waals surface area contributed by atoms with Gasteiger partial charge in [0.15, 0.2) is 36.3 Å². The van der Waals surface area contributed by atoms with Crippen molar-refractivity contribution in [3.8, 4) is 11.5 Å². The molecule has 3 aliphatic heterocycles. The van der Waals surface area contributed by atoms with Crippen LogP contribution < -0.4 is 0 Å². The van der Waals surface area contributed by atoms with E-state index < -0.39 is 144 Å². The van der Waals surface area contributed by atoms with Crippen LogP contribution in [0.2, 0.25) is 10.0 Å². The molecule has 4 rings (SSSR count). The van der Waals surface area contributed by atoms with E-state index in [1.165, 1.54) is 40.0 Å². The van der Waals surface area contributed by atoms with Crippen LogP contribution in [0, 0.1) is 18.8 Å². The predicted octanol–water partition coefficient (Wildman–Crippen LogP) is 5.98. The third-order valence-electron chi connectivity index (χ3n) is 12.8. The Morgan fingerprint density at radius 1 is 0.901 bits per heavy atom. The number of hydrogen-bond donors (Lipinski definition) is 7. The summed E-state index contributed by atoms with van der Waals surface area (Å²) in [7, 11) is 1.26. The van der Waals surface area contributed by atoms with E-state index in [1.807, 2.05) is 32.9 Å². The molecule has 71 heavy (non-hydrogen) atoms. The van der Waals surface area contributed by atoms with Crippen LogP contribution in [0.3, 0.4) is 0 Å². The zero-order chi connectivity index (χ0) is 53.4. The first-order valence-electron chi connectivity index (χ1n) is 23.6. The summed E-state index contributed by atoms with van der Waals surface area (Å²) >= 11 is 12.1. The van der Waals surface area contributed by atoms with E-state index >= 15 is 0 Å². The maximum absolute atomic E-state index is 13.9. The molecule has 0 bridgehead atoms. The molecule has 18 nitrogen and oxygen atoms in total. The van der Waals surface area contributed by atoms with E-state index in [0.29, 0.717) is 23.1 Å². The molecule has 7 N–H and O–H groups in total. The maximum atomic E-state index is 13.9. The molecule has 1 aromatic rings. The van der Waals surface area contributed by atoms with E-state index in [-0.39, 0.29) is 29.0 Å². The summed E-state index contributed by atoms with van der Waals surface area (Å²) in [4.78, 5) is 40.1. The number of aliphatic hydroxyl groups is 5. The Morgan fingerprint density at radius 2 is 1.56 bits per heavy atom. The zero-order valence-electron chi connectivity index (χ0n) is 42.3. The molecule has 2 fully saturated rings. The highest BCUT2D eigenvalue weighted by Crippen LogP contribution is 2.44. The van der Waals surface area contributed by atoms with Gasteiger partial charge in [-0.05, 0) is 91.0 Å². The molecule has 0 aliphatic carbocycles. The molecular weight excluding hydrogens is 971 g/mol. The fourth-order valence-electron chi connectivity index (χ4n) is 8.29. The zero-order valence-corrected chi connectivity index (χ0v) is 43.8. The maximum Gasteiger partial charge on any atom is 0.342 e. The topological polar surface area (TPSA) is 267 Å². The van der Waals surface area contributed by atoms with Crippen molar-refractivity contribution in [3.63, 3.8) is 0 Å². The van der Waals surface area contributed by atoms with Gasteiger partial charge in [-0.3, -0.25) is 4.79 Å². The van der Waals surface area contributed by atoms with Crippen molar-refractivity contribution in [2.24, 2.45) is 11.8 Å². The van der Waals surface area contributed by atoms with Crippen LogP contribution in [-0.2, 0) is 47.5 Å². The number of carbonyl (C=O) groups is 3. The van der Waals surface area contributed by atoms with E-state index in [1.54, 1.807) is 46.8 Å². The highest BCUT2D eigenvalue weighted by molar-refractivity contribution is 6.39. The number of aromatic hydroxyl groups is 2. The molecule has 0 amide bonds. The van der Waals surface area contributed by atoms with Crippen LogP contribution in [-0.4, -0.2) is 153 Å². The van der Waals surface area contributed by atoms with Gasteiger partial charge in [-0.25, -0.2) is 9.59 Å². The van der Waals surface area contributed by atoms with Crippen LogP contribution in [0.15, 0.2) is 58.7 Å². The number of benzene rings is 1. The number of allylic oxidation sites excluding steroid dienone is 4. The second-order valence-corrected chi connectivity index (χ2v) is 19.9. The van der Waals surface area contributed by atoms with Crippen LogP contribution in [0.5, 0.6) is 11.5 Å². The van der Waals surface area contributed by atoms with Gasteiger partial charge in [0, 0.05) is 19.4 Å². The highest BCUT2D eigenvalue weighted by Gasteiger charge is 2.53. The number of halogens is 2. The van der Waals surface area contributed by atoms with E-state index in [9.17, 15) is 50.1 Å². The Bertz CT molecular complexity index is 2170. The van der Waals surface area contributed by atoms with Crippen LogP contribution >= 0.6 is 23.2 Å². The number of phenolic OH excluding ortho intramolecular Hbond substituents is 2. The molecule has 3 heterocycles. The summed E-state index contributed by atoms with van der Waals surface area (Å²) < 4.78 is 47.6. The number of cyclic esters (lactones) is 1. The number of esters is 3. The number of phenols is 2. The molecule has 0 spiro atoms. The molecule has 1 aromatic carbocycles. The van der Waals surface area contributed by atoms with Crippen molar-refractivity contribution >= 4 is 41.1 Å². The number of carbonyl (C=O) groups excluding carboxylic acids is 3. The molecule has 3 aliphatic rings. The third kappa shape index (κ3) is 14.7. The van der Waals surface area contributed by atoms with E-state index in [2.05, 4.69) is 0 Å². The van der Waals surface area contributed by atoms with Crippen molar-refractivity contribution in [1.29, 1.82) is 0 Å². The Hall–Kier alpha value is -3.89. The van der Waals surface area contributed by atoms with Gasteiger partial charge < -0.3 is 73.6 Å². The number of hydrogen-bond acceptors (Lipinski definition) is 18. The van der Waals surface area contributed by atoms with Gasteiger partial charge in [0.2, 0.25) is 0 Å². The Morgan fingerprint density at radius 3 is 2.17 bits per heavy atom. The fraction of sp³-hybridized carbons (Fsp3) is 0.627. The van der Waals surface area contributed by atoms with Crippen molar-refractivity contribution in [3.05, 3.63) is 79.9 Å². The van der Waals surface area contributed by atoms with Gasteiger partial charge >= 0.3 is 17.9 Å². The first-order valence-corrected chi connectivity index (χ1v) is 24.4. The summed E-state index contributed by atoms with van der Waals surface area (Å²) in [6, 6.07) is 0. The molecular formula is C51H72Cl2O18. The first-order chi connectivity index (χ1) is 33.2. The summed E-state index contributed by atoms with van der Waals surface area (Å²) in [6.45, 7) is 17.7. The standard InChI is InChI=1S/C51H72Cl2O18/c1-13-30-21-25(5)32(55)17-15-14-16-31(22-65-49-43(64-12)39(58)42(29(9)66-49)68-48(63)34-27(7)35(52)38(57)36(53)37(34)56)47(62)67-33(28(8)54)19-18-24(4)20-26(6)41(30)70-50-44(69-46(61)23(2)3)40(59)45(60)51(10,11)71-50/h14-16,18,20-21,23,28-30,32-33,39-45,49-50,54-60H,13,17,19,22H2,1-12H3/b15-14+,24-18+,25-21+,26-20+,31-16+/t28?,29-,30?,32?,33?,39+,40?,41-,42-,43+,44-,45-,49-,50+/m1/s1. The van der Waals surface area contributed by atoms with Gasteiger partial charge in [-0.2, -0.15) is 0 Å². The molecule has 0 aromatic heterocycles. The lowest BCUT2D eigenvalue weighted by molar-refractivity contribution is -0.333. The average molecular weight is 1040 g/mol. The third-order valence-corrected chi connectivity index (χ3v) is 13.6. The molecule has 398 valence electrons. The largest absolute Gasteiger partial charge is 0.505 e. The fourth-order valence-corrected chi connectivity index (χ4v) is 8.71. The minimum Gasteiger partial charge on any atom is -0.505 e. The lowest BCUT2D eigenvalue weighted by atomic mass is 9.88. The predicted molar refractivity (Wildman–Crippen MR) is 260 cm³/mol. The van der Waals surface area contributed by atoms with Crippen LogP contribution in [0.1, 0.15) is 104 Å². The molecule has 14 atom stereocenters. The minimum atomic E-state index is -1.57. The van der Waals surface area contributed by atoms with Gasteiger partial charge in [-0.1, -0.05) is 79.9 Å². The SMILES string of the molecule is CCC1/C=C(\C)C(O)C/C=C/C=C(\CO[C@@H]2O[C@H](C)[C@@H](OC(=O)c3c(C)c(Cl)c(O)c(Cl)c3O)[C@H](O)[C@@H]2OC)C(=O)OC(C(C)O)C/C=C(C)/C=C(\C)[C@H]1O[C@H]1OC(C)(C)[C@H](O)C(O)[C@H]1OC(=O)C(C)C. The van der Waals surface area contributed by atoms with Crippen molar-refractivity contribution < 1.29 is 88.0 Å². The van der Waals surface area contributed by atoms with E-state index in [0.717, 1.165) is 0 Å². The molecule has 0 saturated carbocycles. The number of ether oxygens (including phenoxy) is 8. The monoisotopic (exact) mass is 1040 g/mol. The summed E-state index contributed by atoms with van der Waals surface area (Å²) in [5.41, 5.74) is 0.153. The summed E-state index contributed by atoms with van der Waals surface area (Å²) in [5.74, 6) is -4.98. The van der Waals surface area contributed by atoms with Gasteiger partial charge in [0.25, 0.3) is 0 Å². The van der Waals surface area contributed by atoms with Gasteiger partial charge in [0.05, 0.1) is 53.1 Å². The van der Waals surface area contributed by atoms with Gasteiger partial charge in [-0.15, -0.1) is 0 Å². The smallest absolute Gasteiger partial charge is 0.342 e. The lowest BCUT2D eigenvalue weighted by Gasteiger charge is -2.47. The van der Waals surface area contributed by atoms with Crippen LogP contribution in [0.4, 0.5) is 0 Å². The second-order valence-electron chi connectivity index (χ2n) is 19.2. The lowest BCUT2D eigenvalue weighted by Crippen LogP contribution is -2.64. The van der Waals surface area contributed by atoms with E-state index in [4.69, 9.17) is 61.1 Å². The quantitative estimate of drug-likeness (QED) is 0.0721. The summed E-state index contributed by atoms with van der Waals surface area (Å²) in [6.07, 6.45) is -5.56. The normalized spacial score (nSPS) is 35.2. The van der Waals surface area contributed by atoms with Gasteiger partial charge in [0.1, 0.15) is 41.1 Å². The van der Waals surface area contributed by atoms with Crippen molar-refractivity contribution in [2.45, 2.75) is 181 Å². The molecule has 0 radical (unpaired) electrons. The minimum absolute atomic E-state index is 0.0290. The average Bonchev–Trinajstić information content (AvgIpc) is 3.30. The number of methoxy groups -OCH3 is 1. The Labute approximate surface area is 425 Å². The number of rotatable bonds is 12. The second kappa shape index (κ2) is 25.9. The summed E-state index contributed by atoms with van der Waals surface area (Å²) in [5, 5.41) is 75.7. The van der Waals surface area contributed by atoms with Crippen molar-refractivity contribution in [1.82, 2.24) is 0 Å². The van der Waals surface area contributed by atoms with Crippen LogP contribution in [0.25, 0.3) is 0 Å². The highest BCUT2D eigenvalue weighted by atomic mass is 35.5. The molecule has 20 heteroatoms. The molecule has 5 unspecified atom stereocenters. The first kappa shape index (κ1) is 59.7.